The summed E-state index contributed by atoms with van der Waals surface area (Å²) in [5, 5.41) is 4.31. The molecule has 0 saturated carbocycles. The van der Waals surface area contributed by atoms with Gasteiger partial charge in [0.15, 0.2) is 11.6 Å². The maximum Gasteiger partial charge on any atom is 0.223 e. The van der Waals surface area contributed by atoms with E-state index in [2.05, 4.69) is 28.3 Å². The first-order valence-corrected chi connectivity index (χ1v) is 15.3. The average Bonchev–Trinajstić information content (AvgIpc) is 3.87. The molecule has 10 heteroatoms. The lowest BCUT2D eigenvalue weighted by atomic mass is 9.97. The average molecular weight is 626 g/mol. The molecule has 3 aliphatic heterocycles. The largest absolute Gasteiger partial charge is 0.338 e. The maximum absolute atomic E-state index is 14.0. The molecule has 7 nitrogen and oxygen atoms in total. The van der Waals surface area contributed by atoms with Gasteiger partial charge in [0, 0.05) is 74.9 Å². The topological polar surface area (TPSA) is 70.8 Å². The van der Waals surface area contributed by atoms with Crippen molar-refractivity contribution < 1.29 is 22.8 Å². The van der Waals surface area contributed by atoms with Crippen LogP contribution in [0, 0.1) is 17.5 Å². The number of benzene rings is 3. The Morgan fingerprint density at radius 2 is 1.43 bits per heavy atom. The second-order valence-electron chi connectivity index (χ2n) is 11.9. The monoisotopic (exact) mass is 625 g/mol. The van der Waals surface area contributed by atoms with Crippen molar-refractivity contribution in [2.24, 2.45) is 4.99 Å². The fraction of sp³-hybridized carbons (Fsp3) is 0.278. The summed E-state index contributed by atoms with van der Waals surface area (Å²) in [6, 6.07) is 21.6. The van der Waals surface area contributed by atoms with Crippen LogP contribution in [0.15, 0.2) is 102 Å². The third-order valence-corrected chi connectivity index (χ3v) is 8.50. The van der Waals surface area contributed by atoms with Crippen molar-refractivity contribution >= 4 is 18.0 Å². The molecule has 0 bridgehead atoms. The van der Waals surface area contributed by atoms with E-state index in [1.165, 1.54) is 5.56 Å². The van der Waals surface area contributed by atoms with Gasteiger partial charge in [-0.3, -0.25) is 19.3 Å². The minimum atomic E-state index is -1.23. The van der Waals surface area contributed by atoms with Gasteiger partial charge in [0.05, 0.1) is 19.3 Å². The van der Waals surface area contributed by atoms with Crippen molar-refractivity contribution in [2.45, 2.75) is 37.8 Å². The van der Waals surface area contributed by atoms with Crippen molar-refractivity contribution in [3.63, 3.8) is 0 Å². The van der Waals surface area contributed by atoms with Crippen LogP contribution in [0.4, 0.5) is 13.2 Å². The summed E-state index contributed by atoms with van der Waals surface area (Å²) < 4.78 is 42.8. The molecular weight excluding hydrogens is 591 g/mol. The molecule has 2 amide bonds. The van der Waals surface area contributed by atoms with Crippen LogP contribution >= 0.6 is 0 Å². The summed E-state index contributed by atoms with van der Waals surface area (Å²) in [5.74, 6) is -3.31. The fourth-order valence-electron chi connectivity index (χ4n) is 6.16. The van der Waals surface area contributed by atoms with Crippen LogP contribution < -0.4 is 0 Å². The summed E-state index contributed by atoms with van der Waals surface area (Å²) >= 11 is 0. The van der Waals surface area contributed by atoms with E-state index < -0.39 is 23.4 Å². The van der Waals surface area contributed by atoms with E-state index in [1.54, 1.807) is 15.8 Å². The smallest absolute Gasteiger partial charge is 0.223 e. The van der Waals surface area contributed by atoms with Crippen LogP contribution in [-0.2, 0) is 22.7 Å². The predicted octanol–water partition coefficient (Wildman–Crippen LogP) is 5.88. The van der Waals surface area contributed by atoms with Gasteiger partial charge < -0.3 is 9.80 Å². The van der Waals surface area contributed by atoms with Gasteiger partial charge in [-0.15, -0.1) is 0 Å². The molecule has 0 N–H and O–H groups in total. The van der Waals surface area contributed by atoms with E-state index in [9.17, 15) is 22.8 Å². The van der Waals surface area contributed by atoms with E-state index in [4.69, 9.17) is 0 Å². The van der Waals surface area contributed by atoms with Crippen LogP contribution in [0.1, 0.15) is 46.9 Å². The third-order valence-electron chi connectivity index (χ3n) is 8.50. The number of likely N-dealkylation sites (tertiary alicyclic amines) is 2. The number of carbonyl (C=O) groups is 2. The zero-order valence-electron chi connectivity index (χ0n) is 25.2. The SMILES string of the molecule is O=C1CC(c2cc(F)cc(F)c2F)CN1Cc1cnn(Cc2ccccc2)c1.O=C1CC(c2ccccc2)CN1CC1=CCN=C1. The van der Waals surface area contributed by atoms with Gasteiger partial charge in [0.25, 0.3) is 0 Å². The van der Waals surface area contributed by atoms with Gasteiger partial charge in [-0.1, -0.05) is 66.7 Å². The number of nitrogens with zero attached hydrogens (tertiary/aromatic N) is 5. The van der Waals surface area contributed by atoms with E-state index >= 15 is 0 Å². The van der Waals surface area contributed by atoms with Gasteiger partial charge in [0.1, 0.15) is 5.82 Å². The Labute approximate surface area is 265 Å². The quantitative estimate of drug-likeness (QED) is 0.230. The van der Waals surface area contributed by atoms with Gasteiger partial charge in [-0.25, -0.2) is 13.2 Å². The first-order chi connectivity index (χ1) is 22.3. The Kier molecular flexibility index (Phi) is 9.42. The van der Waals surface area contributed by atoms with Crippen LogP contribution in [0.3, 0.4) is 0 Å². The van der Waals surface area contributed by atoms with E-state index in [0.717, 1.165) is 35.9 Å². The highest BCUT2D eigenvalue weighted by molar-refractivity contribution is 5.85. The number of hydrogen-bond donors (Lipinski definition) is 0. The highest BCUT2D eigenvalue weighted by Gasteiger charge is 2.34. The first-order valence-electron chi connectivity index (χ1n) is 15.3. The Morgan fingerprint density at radius 3 is 2.15 bits per heavy atom. The van der Waals surface area contributed by atoms with Crippen molar-refractivity contribution in [3.8, 4) is 0 Å². The molecule has 1 aromatic heterocycles. The molecule has 46 heavy (non-hydrogen) atoms. The number of amides is 2. The molecule has 7 rings (SSSR count). The molecule has 4 heterocycles. The molecule has 3 aliphatic rings. The molecular formula is C36H34F3N5O2. The molecule has 3 aromatic carbocycles. The third kappa shape index (κ3) is 7.44. The normalized spacial score (nSPS) is 19.1. The summed E-state index contributed by atoms with van der Waals surface area (Å²) in [6.07, 6.45) is 8.17. The van der Waals surface area contributed by atoms with Gasteiger partial charge in [-0.2, -0.15) is 5.10 Å². The summed E-state index contributed by atoms with van der Waals surface area (Å²) in [5.41, 5.74) is 4.29. The minimum absolute atomic E-state index is 0.0258. The van der Waals surface area contributed by atoms with Crippen LogP contribution in [0.2, 0.25) is 0 Å². The fourth-order valence-corrected chi connectivity index (χ4v) is 6.16. The van der Waals surface area contributed by atoms with Gasteiger partial charge >= 0.3 is 0 Å². The van der Waals surface area contributed by atoms with Gasteiger partial charge in [0.2, 0.25) is 11.8 Å². The second-order valence-corrected chi connectivity index (χ2v) is 11.9. The number of carbonyl (C=O) groups excluding carboxylic acids is 2. The van der Waals surface area contributed by atoms with Crippen molar-refractivity contribution in [2.75, 3.05) is 26.2 Å². The lowest BCUT2D eigenvalue weighted by Crippen LogP contribution is -2.27. The molecule has 2 unspecified atom stereocenters. The van der Waals surface area contributed by atoms with E-state index in [1.807, 2.05) is 65.8 Å². The number of halogens is 3. The van der Waals surface area contributed by atoms with Gasteiger partial charge in [-0.05, 0) is 28.3 Å². The number of aliphatic imine (C=N–C) groups is 1. The molecule has 4 aromatic rings. The molecule has 0 aliphatic carbocycles. The summed E-state index contributed by atoms with van der Waals surface area (Å²) in [4.78, 5) is 32.0. The zero-order valence-corrected chi connectivity index (χ0v) is 25.2. The van der Waals surface area contributed by atoms with Crippen LogP contribution in [-0.4, -0.2) is 63.8 Å². The van der Waals surface area contributed by atoms with Crippen molar-refractivity contribution in [3.05, 3.63) is 137 Å². The molecule has 0 spiro atoms. The summed E-state index contributed by atoms with van der Waals surface area (Å²) in [7, 11) is 0. The standard InChI is InChI=1S/C21H18F3N3O.C15H16N2O/c22-17-7-18(21(24)19(23)8-17)16-6-20(28)26(13-16)10-15-9-25-27(12-15)11-14-4-2-1-3-5-14;18-15-8-14(13-4-2-1-3-5-13)11-17(15)10-12-6-7-16-9-12/h1-5,7-9,12,16H,6,10-11,13H2;1-6,9,14H,7-8,10-11H2. The molecule has 2 fully saturated rings. The van der Waals surface area contributed by atoms with Crippen molar-refractivity contribution in [1.29, 1.82) is 0 Å². The highest BCUT2D eigenvalue weighted by atomic mass is 19.2. The second kappa shape index (κ2) is 14.0. The van der Waals surface area contributed by atoms with E-state index in [-0.39, 0.29) is 30.3 Å². The molecule has 2 saturated heterocycles. The molecule has 2 atom stereocenters. The lowest BCUT2D eigenvalue weighted by Gasteiger charge is -2.16. The molecule has 236 valence electrons. The Morgan fingerprint density at radius 1 is 0.761 bits per heavy atom. The minimum Gasteiger partial charge on any atom is -0.338 e. The van der Waals surface area contributed by atoms with Crippen LogP contribution in [0.5, 0.6) is 0 Å². The maximum atomic E-state index is 14.0. The predicted molar refractivity (Wildman–Crippen MR) is 169 cm³/mol. The number of rotatable bonds is 8. The Balaban J connectivity index is 0.000000178. The van der Waals surface area contributed by atoms with E-state index in [0.29, 0.717) is 38.0 Å². The number of hydrogen-bond acceptors (Lipinski definition) is 4. The van der Waals surface area contributed by atoms with Crippen molar-refractivity contribution in [1.82, 2.24) is 19.6 Å². The molecule has 0 radical (unpaired) electrons. The first kappa shape index (κ1) is 31.0. The lowest BCUT2D eigenvalue weighted by molar-refractivity contribution is -0.128. The number of aromatic nitrogens is 2. The Hall–Kier alpha value is -4.99. The Bertz CT molecular complexity index is 1760. The van der Waals surface area contributed by atoms with Crippen LogP contribution in [0.25, 0.3) is 0 Å². The highest BCUT2D eigenvalue weighted by Crippen LogP contribution is 2.32. The zero-order chi connectivity index (χ0) is 32.0. The summed E-state index contributed by atoms with van der Waals surface area (Å²) in [6.45, 7) is 3.45.